The topological polar surface area (TPSA) is 119 Å². The van der Waals surface area contributed by atoms with Gasteiger partial charge in [0.2, 0.25) is 10.0 Å². The third-order valence-electron chi connectivity index (χ3n) is 4.19. The Morgan fingerprint density at radius 1 is 1.19 bits per heavy atom. The van der Waals surface area contributed by atoms with Crippen LogP contribution in [0, 0.1) is 5.41 Å². The number of aromatic amines is 1. The summed E-state index contributed by atoms with van der Waals surface area (Å²) in [5.74, 6) is 0.689. The minimum absolute atomic E-state index is 0.184. The van der Waals surface area contributed by atoms with Gasteiger partial charge in [-0.1, -0.05) is 20.8 Å². The fraction of sp³-hybridized carbons (Fsp3) is 0.412. The van der Waals surface area contributed by atoms with Crippen LogP contribution >= 0.6 is 0 Å². The first-order chi connectivity index (χ1) is 11.8. The molecule has 26 heavy (non-hydrogen) atoms. The summed E-state index contributed by atoms with van der Waals surface area (Å²) in [5.41, 5.74) is 8.51. The van der Waals surface area contributed by atoms with Gasteiger partial charge in [0, 0.05) is 25.1 Å². The molecule has 1 aromatic heterocycles. The molecule has 1 heterocycles. The van der Waals surface area contributed by atoms with E-state index in [1.54, 1.807) is 36.2 Å². The number of nitrogens with zero attached hydrogens (tertiary/aromatic N) is 3. The van der Waals surface area contributed by atoms with Gasteiger partial charge in [0.25, 0.3) is 0 Å². The minimum Gasteiger partial charge on any atom is -0.394 e. The molecule has 0 saturated heterocycles. The number of aromatic nitrogens is 2. The monoisotopic (exact) mass is 378 g/mol. The van der Waals surface area contributed by atoms with Crippen molar-refractivity contribution in [2.75, 3.05) is 35.3 Å². The SMILES string of the molecule is CN(C(=N)c1ccc(N(C)S(C)(=O)=O)cc1)c1n[nH]c(C(C)(C)C)c1N. The van der Waals surface area contributed by atoms with Crippen LogP contribution in [0.3, 0.4) is 0 Å². The molecule has 0 amide bonds. The quantitative estimate of drug-likeness (QED) is 0.556. The Kier molecular flexibility index (Phi) is 5.05. The van der Waals surface area contributed by atoms with E-state index in [9.17, 15) is 8.42 Å². The molecular formula is C17H26N6O2S. The largest absolute Gasteiger partial charge is 0.394 e. The van der Waals surface area contributed by atoms with Gasteiger partial charge in [-0.2, -0.15) is 5.10 Å². The van der Waals surface area contributed by atoms with Gasteiger partial charge >= 0.3 is 0 Å². The molecule has 1 aromatic carbocycles. The Labute approximate surface area is 154 Å². The normalized spacial score (nSPS) is 12.1. The summed E-state index contributed by atoms with van der Waals surface area (Å²) in [6.45, 7) is 6.09. The summed E-state index contributed by atoms with van der Waals surface area (Å²) in [7, 11) is -0.120. The van der Waals surface area contributed by atoms with Crippen molar-refractivity contribution in [3.8, 4) is 0 Å². The maximum atomic E-state index is 11.6. The third-order valence-corrected chi connectivity index (χ3v) is 5.39. The zero-order valence-electron chi connectivity index (χ0n) is 16.0. The number of nitrogens with one attached hydrogen (secondary N) is 2. The molecule has 2 aromatic rings. The number of H-pyrrole nitrogens is 1. The molecule has 0 atom stereocenters. The molecule has 142 valence electrons. The molecule has 0 aliphatic rings. The lowest BCUT2D eigenvalue weighted by Gasteiger charge is -2.21. The highest BCUT2D eigenvalue weighted by Gasteiger charge is 2.25. The summed E-state index contributed by atoms with van der Waals surface area (Å²) in [6.07, 6.45) is 1.14. The molecule has 0 saturated carbocycles. The lowest BCUT2D eigenvalue weighted by molar-refractivity contribution is 0.569. The molecule has 0 unspecified atom stereocenters. The van der Waals surface area contributed by atoms with E-state index in [-0.39, 0.29) is 11.3 Å². The van der Waals surface area contributed by atoms with Gasteiger partial charge < -0.3 is 10.6 Å². The van der Waals surface area contributed by atoms with E-state index in [0.29, 0.717) is 22.8 Å². The van der Waals surface area contributed by atoms with Crippen LogP contribution in [0.15, 0.2) is 24.3 Å². The van der Waals surface area contributed by atoms with E-state index in [4.69, 9.17) is 11.1 Å². The summed E-state index contributed by atoms with van der Waals surface area (Å²) >= 11 is 0. The van der Waals surface area contributed by atoms with E-state index < -0.39 is 10.0 Å². The molecule has 0 aliphatic heterocycles. The average Bonchev–Trinajstić information content (AvgIpc) is 2.93. The lowest BCUT2D eigenvalue weighted by Crippen LogP contribution is -2.28. The van der Waals surface area contributed by atoms with Gasteiger partial charge in [-0.05, 0) is 24.3 Å². The first-order valence-corrected chi connectivity index (χ1v) is 9.89. The van der Waals surface area contributed by atoms with Crippen LogP contribution < -0.4 is 14.9 Å². The molecule has 0 fully saturated rings. The highest BCUT2D eigenvalue weighted by Crippen LogP contribution is 2.32. The molecule has 0 radical (unpaired) electrons. The maximum absolute atomic E-state index is 11.6. The zero-order chi connectivity index (χ0) is 19.9. The van der Waals surface area contributed by atoms with Crippen molar-refractivity contribution in [2.45, 2.75) is 26.2 Å². The molecule has 2 rings (SSSR count). The van der Waals surface area contributed by atoms with Gasteiger partial charge in [0.1, 0.15) is 5.84 Å². The van der Waals surface area contributed by atoms with Gasteiger partial charge in [-0.15, -0.1) is 0 Å². The van der Waals surface area contributed by atoms with Gasteiger partial charge in [0.05, 0.1) is 23.3 Å². The van der Waals surface area contributed by atoms with E-state index in [1.165, 1.54) is 11.4 Å². The van der Waals surface area contributed by atoms with E-state index in [1.807, 2.05) is 20.8 Å². The second-order valence-electron chi connectivity index (χ2n) is 7.27. The van der Waals surface area contributed by atoms with E-state index in [0.717, 1.165) is 11.9 Å². The number of benzene rings is 1. The second kappa shape index (κ2) is 6.64. The van der Waals surface area contributed by atoms with Crippen LogP contribution in [0.1, 0.15) is 32.0 Å². The average molecular weight is 379 g/mol. The summed E-state index contributed by atoms with van der Waals surface area (Å²) in [6, 6.07) is 6.72. The first-order valence-electron chi connectivity index (χ1n) is 8.05. The number of hydrogen-bond acceptors (Lipinski definition) is 5. The number of anilines is 3. The number of sulfonamides is 1. The molecular weight excluding hydrogens is 352 g/mol. The minimum atomic E-state index is -3.33. The summed E-state index contributed by atoms with van der Waals surface area (Å²) < 4.78 is 24.4. The van der Waals surface area contributed by atoms with Crippen LogP contribution in [-0.2, 0) is 15.4 Å². The van der Waals surface area contributed by atoms with Crippen molar-refractivity contribution >= 4 is 33.1 Å². The fourth-order valence-electron chi connectivity index (χ4n) is 2.49. The van der Waals surface area contributed by atoms with Crippen LogP contribution in [0.2, 0.25) is 0 Å². The first kappa shape index (κ1) is 19.8. The number of nitrogens with two attached hydrogens (primary N) is 1. The fourth-order valence-corrected chi connectivity index (χ4v) is 2.99. The molecule has 0 bridgehead atoms. The van der Waals surface area contributed by atoms with Gasteiger partial charge in [-0.25, -0.2) is 8.42 Å². The standard InChI is InChI=1S/C17H26N6O2S/c1-17(2,3)14-13(18)16(21-20-14)22(4)15(19)11-7-9-12(10-8-11)23(5)26(6,24)25/h7-10,19H,18H2,1-6H3,(H,20,21). The highest BCUT2D eigenvalue weighted by molar-refractivity contribution is 7.92. The van der Waals surface area contributed by atoms with Gasteiger partial charge in [0.15, 0.2) is 5.82 Å². The predicted molar refractivity (Wildman–Crippen MR) is 107 cm³/mol. The third kappa shape index (κ3) is 3.82. The van der Waals surface area contributed by atoms with Crippen LogP contribution in [0.25, 0.3) is 0 Å². The lowest BCUT2D eigenvalue weighted by atomic mass is 9.91. The molecule has 0 spiro atoms. The van der Waals surface area contributed by atoms with Crippen molar-refractivity contribution in [1.82, 2.24) is 10.2 Å². The highest BCUT2D eigenvalue weighted by atomic mass is 32.2. The number of rotatable bonds is 4. The smallest absolute Gasteiger partial charge is 0.231 e. The second-order valence-corrected chi connectivity index (χ2v) is 9.28. The number of hydrogen-bond donors (Lipinski definition) is 3. The van der Waals surface area contributed by atoms with Crippen molar-refractivity contribution in [3.05, 3.63) is 35.5 Å². The summed E-state index contributed by atoms with van der Waals surface area (Å²) in [4.78, 5) is 1.59. The van der Waals surface area contributed by atoms with Crippen molar-refractivity contribution in [3.63, 3.8) is 0 Å². The van der Waals surface area contributed by atoms with Crippen molar-refractivity contribution in [1.29, 1.82) is 5.41 Å². The van der Waals surface area contributed by atoms with Crippen LogP contribution in [0.5, 0.6) is 0 Å². The Hall–Kier alpha value is -2.55. The maximum Gasteiger partial charge on any atom is 0.231 e. The molecule has 9 heteroatoms. The van der Waals surface area contributed by atoms with Crippen LogP contribution in [-0.4, -0.2) is 44.8 Å². The Bertz CT molecular complexity index is 910. The van der Waals surface area contributed by atoms with Crippen molar-refractivity contribution < 1.29 is 8.42 Å². The Morgan fingerprint density at radius 3 is 2.15 bits per heavy atom. The number of amidine groups is 1. The Morgan fingerprint density at radius 2 is 1.73 bits per heavy atom. The predicted octanol–water partition coefficient (Wildman–Crippen LogP) is 2.15. The van der Waals surface area contributed by atoms with E-state index >= 15 is 0 Å². The number of nitrogen functional groups attached to an aromatic ring is 1. The molecule has 4 N–H and O–H groups in total. The zero-order valence-corrected chi connectivity index (χ0v) is 16.8. The molecule has 0 aliphatic carbocycles. The van der Waals surface area contributed by atoms with Crippen LogP contribution in [0.4, 0.5) is 17.2 Å². The summed E-state index contributed by atoms with van der Waals surface area (Å²) in [5, 5.41) is 15.6. The van der Waals surface area contributed by atoms with Crippen molar-refractivity contribution in [2.24, 2.45) is 0 Å². The van der Waals surface area contributed by atoms with Gasteiger partial charge in [-0.3, -0.25) is 14.8 Å². The Balaban J connectivity index is 2.28. The molecule has 8 nitrogen and oxygen atoms in total. The van der Waals surface area contributed by atoms with E-state index in [2.05, 4.69) is 10.2 Å².